The minimum absolute atomic E-state index is 0.707. The van der Waals surface area contributed by atoms with Gasteiger partial charge in [0.15, 0.2) is 0 Å². The standard InChI is InChI=1S/C14H18BrN3O/c1-10-14(11-4-3-5-12(15)8-11)18-13(17-10)9-16-6-7-19-2/h3-5,8,16H,6-7,9H2,1-2H3,(H,17,18). The van der Waals surface area contributed by atoms with Gasteiger partial charge in [0, 0.05) is 29.4 Å². The molecular weight excluding hydrogens is 306 g/mol. The Morgan fingerprint density at radius 2 is 2.26 bits per heavy atom. The Morgan fingerprint density at radius 3 is 3.00 bits per heavy atom. The Hall–Kier alpha value is -1.17. The topological polar surface area (TPSA) is 49.9 Å². The summed E-state index contributed by atoms with van der Waals surface area (Å²) in [5, 5.41) is 3.28. The van der Waals surface area contributed by atoms with E-state index in [1.807, 2.05) is 19.1 Å². The lowest BCUT2D eigenvalue weighted by atomic mass is 10.1. The van der Waals surface area contributed by atoms with Crippen LogP contribution in [0.25, 0.3) is 11.3 Å². The van der Waals surface area contributed by atoms with Crippen molar-refractivity contribution in [3.05, 3.63) is 40.3 Å². The van der Waals surface area contributed by atoms with Gasteiger partial charge in [0.2, 0.25) is 0 Å². The normalized spacial score (nSPS) is 10.9. The van der Waals surface area contributed by atoms with Gasteiger partial charge in [-0.3, -0.25) is 0 Å². The van der Waals surface area contributed by atoms with E-state index in [-0.39, 0.29) is 0 Å². The first kappa shape index (κ1) is 14.2. The molecule has 2 N–H and O–H groups in total. The molecule has 0 atom stereocenters. The number of ether oxygens (including phenoxy) is 1. The second-order valence-corrected chi connectivity index (χ2v) is 5.25. The molecule has 1 aromatic heterocycles. The van der Waals surface area contributed by atoms with Gasteiger partial charge in [-0.25, -0.2) is 4.98 Å². The highest BCUT2D eigenvalue weighted by Gasteiger charge is 2.08. The van der Waals surface area contributed by atoms with Gasteiger partial charge in [0.25, 0.3) is 0 Å². The zero-order valence-corrected chi connectivity index (χ0v) is 12.8. The van der Waals surface area contributed by atoms with Crippen molar-refractivity contribution in [2.75, 3.05) is 20.3 Å². The molecule has 0 aliphatic rings. The van der Waals surface area contributed by atoms with Crippen molar-refractivity contribution in [1.29, 1.82) is 0 Å². The third kappa shape index (κ3) is 3.89. The summed E-state index contributed by atoms with van der Waals surface area (Å²) in [6, 6.07) is 8.17. The number of hydrogen-bond donors (Lipinski definition) is 2. The predicted octanol–water partition coefficient (Wildman–Crippen LogP) is 2.88. The summed E-state index contributed by atoms with van der Waals surface area (Å²) in [7, 11) is 1.70. The van der Waals surface area contributed by atoms with Crippen LogP contribution in [0.15, 0.2) is 28.7 Å². The van der Waals surface area contributed by atoms with E-state index in [4.69, 9.17) is 4.74 Å². The average molecular weight is 324 g/mol. The maximum absolute atomic E-state index is 4.99. The van der Waals surface area contributed by atoms with E-state index in [2.05, 4.69) is 43.3 Å². The van der Waals surface area contributed by atoms with E-state index in [1.54, 1.807) is 7.11 Å². The number of hydrogen-bond acceptors (Lipinski definition) is 3. The SMILES string of the molecule is COCCNCc1nc(-c2cccc(Br)c2)c(C)[nH]1. The van der Waals surface area contributed by atoms with Gasteiger partial charge >= 0.3 is 0 Å². The molecule has 102 valence electrons. The third-order valence-electron chi connectivity index (χ3n) is 2.81. The monoisotopic (exact) mass is 323 g/mol. The molecule has 0 aliphatic carbocycles. The predicted molar refractivity (Wildman–Crippen MR) is 80.0 cm³/mol. The van der Waals surface area contributed by atoms with Crippen molar-refractivity contribution in [1.82, 2.24) is 15.3 Å². The zero-order valence-electron chi connectivity index (χ0n) is 11.2. The number of aromatic nitrogens is 2. The van der Waals surface area contributed by atoms with Crippen molar-refractivity contribution in [3.63, 3.8) is 0 Å². The number of rotatable bonds is 6. The Kier molecular flexibility index (Phi) is 5.13. The summed E-state index contributed by atoms with van der Waals surface area (Å²) in [5.74, 6) is 0.948. The summed E-state index contributed by atoms with van der Waals surface area (Å²) < 4.78 is 6.06. The van der Waals surface area contributed by atoms with Gasteiger partial charge in [-0.15, -0.1) is 0 Å². The van der Waals surface area contributed by atoms with Gasteiger partial charge in [-0.2, -0.15) is 0 Å². The van der Waals surface area contributed by atoms with Crippen molar-refractivity contribution in [2.24, 2.45) is 0 Å². The van der Waals surface area contributed by atoms with Gasteiger partial charge in [-0.05, 0) is 19.1 Å². The lowest BCUT2D eigenvalue weighted by Crippen LogP contribution is -2.19. The second kappa shape index (κ2) is 6.84. The highest BCUT2D eigenvalue weighted by atomic mass is 79.9. The summed E-state index contributed by atoms with van der Waals surface area (Å²) >= 11 is 3.49. The highest BCUT2D eigenvalue weighted by molar-refractivity contribution is 9.10. The van der Waals surface area contributed by atoms with Crippen LogP contribution in [0.2, 0.25) is 0 Å². The van der Waals surface area contributed by atoms with E-state index >= 15 is 0 Å². The third-order valence-corrected chi connectivity index (χ3v) is 3.30. The largest absolute Gasteiger partial charge is 0.383 e. The maximum atomic E-state index is 4.99. The lowest BCUT2D eigenvalue weighted by Gasteiger charge is -2.00. The molecule has 0 bridgehead atoms. The molecule has 4 nitrogen and oxygen atoms in total. The number of nitrogens with one attached hydrogen (secondary N) is 2. The first-order valence-electron chi connectivity index (χ1n) is 6.22. The fourth-order valence-electron chi connectivity index (χ4n) is 1.90. The average Bonchev–Trinajstić information content (AvgIpc) is 2.76. The lowest BCUT2D eigenvalue weighted by molar-refractivity contribution is 0.199. The van der Waals surface area contributed by atoms with Crippen molar-refractivity contribution in [3.8, 4) is 11.3 Å². The van der Waals surface area contributed by atoms with Crippen LogP contribution < -0.4 is 5.32 Å². The first-order valence-corrected chi connectivity index (χ1v) is 7.01. The molecule has 0 amide bonds. The molecule has 2 rings (SSSR count). The minimum atomic E-state index is 0.707. The smallest absolute Gasteiger partial charge is 0.121 e. The van der Waals surface area contributed by atoms with E-state index in [0.29, 0.717) is 6.61 Å². The summed E-state index contributed by atoms with van der Waals surface area (Å²) in [6.45, 7) is 4.29. The van der Waals surface area contributed by atoms with E-state index in [0.717, 1.165) is 40.3 Å². The van der Waals surface area contributed by atoms with Crippen LogP contribution in [0.1, 0.15) is 11.5 Å². The van der Waals surface area contributed by atoms with Crippen molar-refractivity contribution >= 4 is 15.9 Å². The molecule has 1 aromatic carbocycles. The summed E-state index contributed by atoms with van der Waals surface area (Å²) in [6.07, 6.45) is 0. The fourth-order valence-corrected chi connectivity index (χ4v) is 2.30. The van der Waals surface area contributed by atoms with Crippen LogP contribution in [0.3, 0.4) is 0 Å². The van der Waals surface area contributed by atoms with Crippen molar-refractivity contribution < 1.29 is 4.74 Å². The fraction of sp³-hybridized carbons (Fsp3) is 0.357. The molecule has 0 unspecified atom stereocenters. The summed E-state index contributed by atoms with van der Waals surface area (Å²) in [4.78, 5) is 7.95. The minimum Gasteiger partial charge on any atom is -0.383 e. The van der Waals surface area contributed by atoms with Crippen LogP contribution in [-0.4, -0.2) is 30.2 Å². The maximum Gasteiger partial charge on any atom is 0.121 e. The second-order valence-electron chi connectivity index (χ2n) is 4.34. The molecule has 19 heavy (non-hydrogen) atoms. The number of halogens is 1. The number of aromatic amines is 1. The Balaban J connectivity index is 2.08. The molecule has 0 fully saturated rings. The number of benzene rings is 1. The number of nitrogens with zero attached hydrogens (tertiary/aromatic N) is 1. The quantitative estimate of drug-likeness (QED) is 0.804. The summed E-state index contributed by atoms with van der Waals surface area (Å²) in [5.41, 5.74) is 3.21. The number of aryl methyl sites for hydroxylation is 1. The molecule has 0 radical (unpaired) electrons. The molecule has 0 aliphatic heterocycles. The number of methoxy groups -OCH3 is 1. The molecule has 0 spiro atoms. The number of H-pyrrole nitrogens is 1. The van der Waals surface area contributed by atoms with Gasteiger partial charge < -0.3 is 15.0 Å². The Labute approximate surface area is 121 Å². The molecule has 0 saturated heterocycles. The van der Waals surface area contributed by atoms with Gasteiger partial charge in [0.1, 0.15) is 5.82 Å². The highest BCUT2D eigenvalue weighted by Crippen LogP contribution is 2.24. The first-order chi connectivity index (χ1) is 9.20. The molecular formula is C14H18BrN3O. The van der Waals surface area contributed by atoms with Gasteiger partial charge in [-0.1, -0.05) is 28.1 Å². The Bertz CT molecular complexity index is 539. The van der Waals surface area contributed by atoms with Crippen LogP contribution >= 0.6 is 15.9 Å². The zero-order chi connectivity index (χ0) is 13.7. The van der Waals surface area contributed by atoms with Crippen LogP contribution in [0, 0.1) is 6.92 Å². The molecule has 1 heterocycles. The van der Waals surface area contributed by atoms with E-state index < -0.39 is 0 Å². The molecule has 0 saturated carbocycles. The molecule has 2 aromatic rings. The van der Waals surface area contributed by atoms with Crippen molar-refractivity contribution in [2.45, 2.75) is 13.5 Å². The molecule has 5 heteroatoms. The number of imidazole rings is 1. The Morgan fingerprint density at radius 1 is 1.42 bits per heavy atom. The van der Waals surface area contributed by atoms with Crippen LogP contribution in [0.4, 0.5) is 0 Å². The van der Waals surface area contributed by atoms with E-state index in [9.17, 15) is 0 Å². The van der Waals surface area contributed by atoms with E-state index in [1.165, 1.54) is 0 Å². The van der Waals surface area contributed by atoms with Crippen LogP contribution in [0.5, 0.6) is 0 Å². The van der Waals surface area contributed by atoms with Gasteiger partial charge in [0.05, 0.1) is 18.8 Å². The van der Waals surface area contributed by atoms with Crippen LogP contribution in [-0.2, 0) is 11.3 Å².